The van der Waals surface area contributed by atoms with Crippen LogP contribution in [-0.4, -0.2) is 21.5 Å². The highest BCUT2D eigenvalue weighted by Crippen LogP contribution is 2.34. The summed E-state index contributed by atoms with van der Waals surface area (Å²) in [5, 5.41) is 0. The van der Waals surface area contributed by atoms with E-state index in [4.69, 9.17) is 5.73 Å². The van der Waals surface area contributed by atoms with Crippen LogP contribution in [0.4, 0.5) is 13.2 Å². The lowest BCUT2D eigenvalue weighted by Crippen LogP contribution is -2.30. The summed E-state index contributed by atoms with van der Waals surface area (Å²) in [5.41, 5.74) is 4.12. The van der Waals surface area contributed by atoms with Gasteiger partial charge in [-0.2, -0.15) is 13.2 Å². The van der Waals surface area contributed by atoms with Gasteiger partial charge < -0.3 is 5.73 Å². The molecule has 3 N–H and O–H groups in total. The molecule has 0 aliphatic rings. The van der Waals surface area contributed by atoms with E-state index in [-0.39, 0.29) is 22.9 Å². The second-order valence-electron chi connectivity index (χ2n) is 4.96. The molecular weight excluding hydrogens is 305 g/mol. The number of nitrogens with two attached hydrogens (primary N) is 1. The van der Waals surface area contributed by atoms with Crippen LogP contribution in [-0.2, 0) is 16.2 Å². The molecule has 8 heteroatoms. The Bertz CT molecular complexity index is 586. The van der Waals surface area contributed by atoms with Crippen molar-refractivity contribution in [3.8, 4) is 0 Å². The fraction of sp³-hybridized carbons (Fsp3) is 0.538. The fourth-order valence-electron chi connectivity index (χ4n) is 1.93. The third-order valence-electron chi connectivity index (χ3n) is 3.16. The van der Waals surface area contributed by atoms with Crippen LogP contribution in [0.25, 0.3) is 0 Å². The summed E-state index contributed by atoms with van der Waals surface area (Å²) in [5.74, 6) is 0.0101. The van der Waals surface area contributed by atoms with Gasteiger partial charge in [0.15, 0.2) is 0 Å². The second kappa shape index (κ2) is 6.76. The minimum atomic E-state index is -4.58. The lowest BCUT2D eigenvalue weighted by Gasteiger charge is -2.16. The minimum absolute atomic E-state index is 0.0101. The van der Waals surface area contributed by atoms with E-state index in [0.29, 0.717) is 13.0 Å². The summed E-state index contributed by atoms with van der Waals surface area (Å²) in [7, 11) is -3.98. The largest absolute Gasteiger partial charge is 0.416 e. The van der Waals surface area contributed by atoms with E-state index in [1.165, 1.54) is 6.07 Å². The maximum Gasteiger partial charge on any atom is 0.416 e. The molecule has 120 valence electrons. The van der Waals surface area contributed by atoms with Gasteiger partial charge in [-0.3, -0.25) is 0 Å². The highest BCUT2D eigenvalue weighted by molar-refractivity contribution is 7.89. The molecule has 1 unspecified atom stereocenters. The Morgan fingerprint density at radius 1 is 1.33 bits per heavy atom. The normalized spacial score (nSPS) is 14.2. The van der Waals surface area contributed by atoms with Gasteiger partial charge in [-0.25, -0.2) is 13.1 Å². The Balaban J connectivity index is 3.05. The van der Waals surface area contributed by atoms with Gasteiger partial charge in [0.05, 0.1) is 10.5 Å². The molecule has 0 saturated heterocycles. The summed E-state index contributed by atoms with van der Waals surface area (Å²) in [4.78, 5) is -0.350. The second-order valence-corrected chi connectivity index (χ2v) is 6.70. The van der Waals surface area contributed by atoms with E-state index >= 15 is 0 Å². The molecule has 0 fully saturated rings. The smallest absolute Gasteiger partial charge is 0.330 e. The molecule has 4 nitrogen and oxygen atoms in total. The number of halogens is 3. The highest BCUT2D eigenvalue weighted by Gasteiger charge is 2.34. The molecule has 0 aliphatic carbocycles. The topological polar surface area (TPSA) is 72.2 Å². The lowest BCUT2D eigenvalue weighted by atomic mass is 10.1. The molecule has 0 aliphatic heterocycles. The van der Waals surface area contributed by atoms with E-state index < -0.39 is 21.8 Å². The molecule has 0 spiro atoms. The van der Waals surface area contributed by atoms with Crippen molar-refractivity contribution in [3.05, 3.63) is 29.3 Å². The highest BCUT2D eigenvalue weighted by atomic mass is 32.2. The van der Waals surface area contributed by atoms with Gasteiger partial charge in [-0.15, -0.1) is 0 Å². The summed E-state index contributed by atoms with van der Waals surface area (Å²) < 4.78 is 65.0. The van der Waals surface area contributed by atoms with Crippen molar-refractivity contribution in [2.24, 2.45) is 11.7 Å². The average Bonchev–Trinajstić information content (AvgIpc) is 2.35. The number of rotatable bonds is 6. The molecule has 21 heavy (non-hydrogen) atoms. The van der Waals surface area contributed by atoms with E-state index in [1.54, 1.807) is 0 Å². The van der Waals surface area contributed by atoms with Crippen LogP contribution in [0.1, 0.15) is 24.5 Å². The number of hydrogen-bond donors (Lipinski definition) is 2. The van der Waals surface area contributed by atoms with Gasteiger partial charge in [0.25, 0.3) is 0 Å². The van der Waals surface area contributed by atoms with Crippen LogP contribution in [0.3, 0.4) is 0 Å². The predicted molar refractivity (Wildman–Crippen MR) is 74.2 cm³/mol. The van der Waals surface area contributed by atoms with Crippen LogP contribution in [0, 0.1) is 12.8 Å². The zero-order valence-electron chi connectivity index (χ0n) is 11.9. The maximum atomic E-state index is 12.8. The van der Waals surface area contributed by atoms with Crippen molar-refractivity contribution in [2.75, 3.05) is 13.1 Å². The van der Waals surface area contributed by atoms with Crippen molar-refractivity contribution in [1.29, 1.82) is 0 Å². The molecule has 1 aromatic rings. The lowest BCUT2D eigenvalue weighted by molar-refractivity contribution is -0.138. The van der Waals surface area contributed by atoms with Crippen LogP contribution in [0.2, 0.25) is 0 Å². The van der Waals surface area contributed by atoms with Crippen molar-refractivity contribution in [1.82, 2.24) is 4.72 Å². The van der Waals surface area contributed by atoms with Crippen LogP contribution in [0.15, 0.2) is 23.1 Å². The van der Waals surface area contributed by atoms with Gasteiger partial charge in [0, 0.05) is 6.54 Å². The first-order chi connectivity index (χ1) is 9.59. The van der Waals surface area contributed by atoms with Crippen LogP contribution >= 0.6 is 0 Å². The first-order valence-electron chi connectivity index (χ1n) is 6.46. The van der Waals surface area contributed by atoms with Crippen LogP contribution < -0.4 is 10.5 Å². The third kappa shape index (κ3) is 4.69. The molecule has 0 heterocycles. The summed E-state index contributed by atoms with van der Waals surface area (Å²) in [6.07, 6.45) is -3.95. The van der Waals surface area contributed by atoms with Gasteiger partial charge in [-0.1, -0.05) is 13.0 Å². The SMILES string of the molecule is Cc1c(C(F)(F)F)cccc1S(=O)(=O)NCC(C)CCN. The Kier molecular flexibility index (Phi) is 5.77. The summed E-state index contributed by atoms with van der Waals surface area (Å²) >= 11 is 0. The van der Waals surface area contributed by atoms with Gasteiger partial charge in [0.1, 0.15) is 0 Å². The molecule has 0 bridgehead atoms. The van der Waals surface area contributed by atoms with E-state index in [0.717, 1.165) is 19.1 Å². The van der Waals surface area contributed by atoms with Crippen molar-refractivity contribution in [2.45, 2.75) is 31.3 Å². The molecule has 0 amide bonds. The minimum Gasteiger partial charge on any atom is -0.330 e. The standard InChI is InChI=1S/C13H19F3N2O2S/c1-9(6-7-17)8-18-21(19,20)12-5-3-4-11(10(12)2)13(14,15)16/h3-5,9,18H,6-8,17H2,1-2H3. The van der Waals surface area contributed by atoms with E-state index in [1.807, 2.05) is 6.92 Å². The van der Waals surface area contributed by atoms with Crippen molar-refractivity contribution < 1.29 is 21.6 Å². The Morgan fingerprint density at radius 3 is 2.48 bits per heavy atom. The molecule has 0 aromatic heterocycles. The Hall–Kier alpha value is -1.12. The number of sulfonamides is 1. The van der Waals surface area contributed by atoms with Gasteiger partial charge >= 0.3 is 6.18 Å². The van der Waals surface area contributed by atoms with Gasteiger partial charge in [0.2, 0.25) is 10.0 Å². The number of benzene rings is 1. The van der Waals surface area contributed by atoms with E-state index in [9.17, 15) is 21.6 Å². The average molecular weight is 324 g/mol. The first-order valence-corrected chi connectivity index (χ1v) is 7.94. The number of alkyl halides is 3. The maximum absolute atomic E-state index is 12.8. The zero-order chi connectivity index (χ0) is 16.3. The monoisotopic (exact) mass is 324 g/mol. The first kappa shape index (κ1) is 17.9. The summed E-state index contributed by atoms with van der Waals surface area (Å²) in [6.45, 7) is 3.52. The molecule has 0 radical (unpaired) electrons. The number of nitrogens with one attached hydrogen (secondary N) is 1. The molecule has 0 saturated carbocycles. The Labute approximate surface area is 122 Å². The zero-order valence-corrected chi connectivity index (χ0v) is 12.7. The third-order valence-corrected chi connectivity index (χ3v) is 4.73. The predicted octanol–water partition coefficient (Wildman–Crippen LogP) is 2.28. The van der Waals surface area contributed by atoms with Crippen molar-refractivity contribution >= 4 is 10.0 Å². The fourth-order valence-corrected chi connectivity index (χ4v) is 3.36. The van der Waals surface area contributed by atoms with Crippen LogP contribution in [0.5, 0.6) is 0 Å². The quantitative estimate of drug-likeness (QED) is 0.843. The molecular formula is C13H19F3N2O2S. The van der Waals surface area contributed by atoms with E-state index in [2.05, 4.69) is 4.72 Å². The Morgan fingerprint density at radius 2 is 1.95 bits per heavy atom. The number of hydrogen-bond acceptors (Lipinski definition) is 3. The van der Waals surface area contributed by atoms with Gasteiger partial charge in [-0.05, 0) is 43.5 Å². The molecule has 1 atom stereocenters. The summed E-state index contributed by atoms with van der Waals surface area (Å²) in [6, 6.07) is 3.12. The molecule has 1 rings (SSSR count). The van der Waals surface area contributed by atoms with Crippen molar-refractivity contribution in [3.63, 3.8) is 0 Å². The molecule has 1 aromatic carbocycles.